The van der Waals surface area contributed by atoms with Crippen molar-refractivity contribution in [3.05, 3.63) is 54.7 Å². The highest BCUT2D eigenvalue weighted by atomic mass is 32.2. The van der Waals surface area contributed by atoms with Crippen molar-refractivity contribution < 1.29 is 22.8 Å². The maximum Gasteiger partial charge on any atom is 0.333 e. The second kappa shape index (κ2) is 9.30. The van der Waals surface area contributed by atoms with Crippen LogP contribution in [0.1, 0.15) is 6.42 Å². The van der Waals surface area contributed by atoms with E-state index in [1.165, 1.54) is 0 Å². The number of aliphatic hydroxyl groups is 2. The number of hydrogen-bond acceptors (Lipinski definition) is 9. The van der Waals surface area contributed by atoms with Gasteiger partial charge in [-0.3, -0.25) is 4.18 Å². The molecule has 2 heterocycles. The van der Waals surface area contributed by atoms with Crippen LogP contribution in [0.15, 0.2) is 54.7 Å². The summed E-state index contributed by atoms with van der Waals surface area (Å²) in [4.78, 5) is 6.50. The molecule has 4 aromatic rings. The van der Waals surface area contributed by atoms with E-state index in [9.17, 15) is 18.6 Å². The van der Waals surface area contributed by atoms with Gasteiger partial charge in [-0.2, -0.15) is 18.0 Å². The molecule has 1 aliphatic carbocycles. The summed E-state index contributed by atoms with van der Waals surface area (Å²) in [5.74, 6) is -0.0346. The summed E-state index contributed by atoms with van der Waals surface area (Å²) in [6, 6.07) is 15.3. The van der Waals surface area contributed by atoms with Gasteiger partial charge in [-0.15, -0.1) is 0 Å². The van der Waals surface area contributed by atoms with Crippen molar-refractivity contribution in [2.24, 2.45) is 11.1 Å². The number of fused-ring (bicyclic) bond motifs is 2. The highest BCUT2D eigenvalue weighted by Crippen LogP contribution is 2.35. The lowest BCUT2D eigenvalue weighted by Gasteiger charge is -2.19. The predicted molar refractivity (Wildman–Crippen MR) is 137 cm³/mol. The minimum Gasteiger partial charge on any atom is -0.390 e. The molecule has 0 spiro atoms. The van der Waals surface area contributed by atoms with Gasteiger partial charge in [-0.05, 0) is 23.9 Å². The maximum atomic E-state index is 11.1. The molecule has 1 aliphatic rings. The van der Waals surface area contributed by atoms with Crippen LogP contribution in [0.4, 0.5) is 11.5 Å². The Kier molecular flexibility index (Phi) is 6.30. The van der Waals surface area contributed by atoms with Gasteiger partial charge >= 0.3 is 10.3 Å². The van der Waals surface area contributed by atoms with Crippen LogP contribution in [0.2, 0.25) is 0 Å². The van der Waals surface area contributed by atoms with E-state index in [1.807, 2.05) is 38.4 Å². The number of nitrogens with zero attached hydrogens (tertiary/aromatic N) is 4. The lowest BCUT2D eigenvalue weighted by Crippen LogP contribution is -2.36. The molecule has 11 nitrogen and oxygen atoms in total. The van der Waals surface area contributed by atoms with Crippen molar-refractivity contribution in [1.82, 2.24) is 14.6 Å². The summed E-state index contributed by atoms with van der Waals surface area (Å²) in [5, 5.41) is 36.0. The first-order chi connectivity index (χ1) is 17.1. The van der Waals surface area contributed by atoms with Gasteiger partial charge in [0.05, 0.1) is 24.4 Å². The highest BCUT2D eigenvalue weighted by Gasteiger charge is 2.42. The second-order valence-electron chi connectivity index (χ2n) is 9.21. The molecule has 2 aromatic heterocycles. The van der Waals surface area contributed by atoms with E-state index in [1.54, 1.807) is 16.8 Å². The van der Waals surface area contributed by atoms with E-state index >= 15 is 0 Å². The van der Waals surface area contributed by atoms with Gasteiger partial charge in [0, 0.05) is 48.9 Å². The van der Waals surface area contributed by atoms with E-state index < -0.39 is 34.5 Å². The number of aliphatic hydroxyl groups excluding tert-OH is 2. The monoisotopic (exact) mass is 512 g/mol. The van der Waals surface area contributed by atoms with Gasteiger partial charge in [-0.25, -0.2) is 10.1 Å². The zero-order valence-corrected chi connectivity index (χ0v) is 20.6. The van der Waals surface area contributed by atoms with E-state index in [0.29, 0.717) is 11.5 Å². The van der Waals surface area contributed by atoms with E-state index in [-0.39, 0.29) is 13.0 Å². The fraction of sp³-hybridized carbons (Fsp3) is 0.333. The SMILES string of the molecule is CN(C)c1ccc(-c2cc3nccc(N[C@@H]4C[C@H](COS(N)(=O)=O)[C@@H](O)C4O)n3n2)c2ccccc12. The Balaban J connectivity index is 1.46. The molecule has 1 saturated carbocycles. The average Bonchev–Trinajstić information content (AvgIpc) is 3.39. The fourth-order valence-corrected chi connectivity index (χ4v) is 5.20. The van der Waals surface area contributed by atoms with Crippen LogP contribution in [-0.2, 0) is 14.5 Å². The lowest BCUT2D eigenvalue weighted by molar-refractivity contribution is 0.00777. The Bertz CT molecular complexity index is 1520. The number of nitrogens with one attached hydrogen (secondary N) is 1. The van der Waals surface area contributed by atoms with E-state index in [2.05, 4.69) is 37.6 Å². The third-order valence-electron chi connectivity index (χ3n) is 6.60. The third kappa shape index (κ3) is 4.61. The summed E-state index contributed by atoms with van der Waals surface area (Å²) in [6.07, 6.45) is -0.404. The van der Waals surface area contributed by atoms with Gasteiger partial charge < -0.3 is 20.4 Å². The minimum atomic E-state index is -4.14. The molecular formula is C24H28N6O5S. The first-order valence-electron chi connectivity index (χ1n) is 11.5. The molecule has 4 atom stereocenters. The minimum absolute atomic E-state index is 0.270. The van der Waals surface area contributed by atoms with Crippen LogP contribution < -0.4 is 15.4 Å². The third-order valence-corrected chi connectivity index (χ3v) is 7.06. The molecule has 2 aromatic carbocycles. The van der Waals surface area contributed by atoms with Crippen molar-refractivity contribution in [2.75, 3.05) is 30.9 Å². The Labute approximate surface area is 208 Å². The Morgan fingerprint density at radius 2 is 1.89 bits per heavy atom. The normalized spacial score (nSPS) is 22.4. The molecule has 12 heteroatoms. The Morgan fingerprint density at radius 1 is 1.14 bits per heavy atom. The average molecular weight is 513 g/mol. The largest absolute Gasteiger partial charge is 0.390 e. The molecule has 0 bridgehead atoms. The molecular weight excluding hydrogens is 484 g/mol. The van der Waals surface area contributed by atoms with Crippen molar-refractivity contribution in [3.63, 3.8) is 0 Å². The lowest BCUT2D eigenvalue weighted by atomic mass is 10.0. The van der Waals surface area contributed by atoms with Crippen molar-refractivity contribution in [1.29, 1.82) is 0 Å². The van der Waals surface area contributed by atoms with Crippen LogP contribution in [-0.4, -0.2) is 72.2 Å². The highest BCUT2D eigenvalue weighted by molar-refractivity contribution is 7.84. The molecule has 190 valence electrons. The number of nitrogens with two attached hydrogens (primary N) is 1. The molecule has 5 N–H and O–H groups in total. The number of rotatable bonds is 7. The molecule has 0 radical (unpaired) electrons. The van der Waals surface area contributed by atoms with Gasteiger partial charge in [0.1, 0.15) is 11.9 Å². The number of hydrogen-bond donors (Lipinski definition) is 4. The van der Waals surface area contributed by atoms with E-state index in [4.69, 9.17) is 10.2 Å². The molecule has 0 saturated heterocycles. The van der Waals surface area contributed by atoms with Gasteiger partial charge in [0.15, 0.2) is 5.65 Å². The summed E-state index contributed by atoms with van der Waals surface area (Å²) < 4.78 is 28.5. The zero-order chi connectivity index (χ0) is 25.6. The fourth-order valence-electron chi connectivity index (χ4n) is 4.84. The van der Waals surface area contributed by atoms with Gasteiger partial charge in [-0.1, -0.05) is 30.3 Å². The van der Waals surface area contributed by atoms with Crippen LogP contribution in [0.3, 0.4) is 0 Å². The topological polar surface area (TPSA) is 155 Å². The first-order valence-corrected chi connectivity index (χ1v) is 12.9. The molecule has 0 aliphatic heterocycles. The van der Waals surface area contributed by atoms with Crippen LogP contribution in [0.25, 0.3) is 27.7 Å². The Morgan fingerprint density at radius 3 is 2.61 bits per heavy atom. The second-order valence-corrected chi connectivity index (χ2v) is 10.4. The summed E-state index contributed by atoms with van der Waals surface area (Å²) in [6.45, 7) is -0.317. The van der Waals surface area contributed by atoms with Crippen molar-refractivity contribution in [3.8, 4) is 11.3 Å². The van der Waals surface area contributed by atoms with Crippen molar-refractivity contribution >= 4 is 38.2 Å². The number of anilines is 2. The molecule has 0 amide bonds. The molecule has 36 heavy (non-hydrogen) atoms. The van der Waals surface area contributed by atoms with E-state index in [0.717, 1.165) is 27.7 Å². The van der Waals surface area contributed by atoms with Gasteiger partial charge in [0.25, 0.3) is 0 Å². The van der Waals surface area contributed by atoms with Crippen LogP contribution in [0, 0.1) is 5.92 Å². The quantitative estimate of drug-likeness (QED) is 0.287. The summed E-state index contributed by atoms with van der Waals surface area (Å²) in [5.41, 5.74) is 3.42. The summed E-state index contributed by atoms with van der Waals surface area (Å²) in [7, 11) is -0.126. The molecule has 1 fully saturated rings. The summed E-state index contributed by atoms with van der Waals surface area (Å²) >= 11 is 0. The maximum absolute atomic E-state index is 11.1. The van der Waals surface area contributed by atoms with Crippen LogP contribution >= 0.6 is 0 Å². The molecule has 1 unspecified atom stereocenters. The van der Waals surface area contributed by atoms with Gasteiger partial charge in [0.2, 0.25) is 0 Å². The standard InChI is InChI=1S/C24H28N6O5S/c1-29(2)20-8-7-16(15-5-3-4-6-17(15)20)18-12-22-26-10-9-21(30(22)28-18)27-19-11-14(23(31)24(19)32)13-35-36(25,33)34/h3-10,12,14,19,23-24,27,31-32H,11,13H2,1-2H3,(H2,25,33,34)/t14-,19-,23-,24?/m1/s1. The number of aromatic nitrogens is 3. The predicted octanol–water partition coefficient (Wildman–Crippen LogP) is 1.36. The molecule has 5 rings (SSSR count). The first kappa shape index (κ1) is 24.4. The number of benzene rings is 2. The smallest absolute Gasteiger partial charge is 0.333 e. The van der Waals surface area contributed by atoms with Crippen LogP contribution in [0.5, 0.6) is 0 Å². The van der Waals surface area contributed by atoms with Crippen molar-refractivity contribution in [2.45, 2.75) is 24.7 Å². The zero-order valence-electron chi connectivity index (χ0n) is 19.8. The Hall–Kier alpha value is -3.29.